The Labute approximate surface area is 119 Å². The van der Waals surface area contributed by atoms with Crippen LogP contribution in [0.15, 0.2) is 35.1 Å². The molecule has 3 nitrogen and oxygen atoms in total. The Kier molecular flexibility index (Phi) is 4.09. The van der Waals surface area contributed by atoms with Crippen LogP contribution >= 0.6 is 27.5 Å². The van der Waals surface area contributed by atoms with Crippen LogP contribution in [0.4, 0.5) is 5.69 Å². The third-order valence-corrected chi connectivity index (χ3v) is 3.60. The lowest BCUT2D eigenvalue weighted by molar-refractivity contribution is 0.469. The van der Waals surface area contributed by atoms with Crippen LogP contribution in [0.3, 0.4) is 0 Å². The molecule has 1 aromatic heterocycles. The SMILES string of the molecule is Cc1cc(NCc2cc(Cl)ccc2O)cnc1Br. The molecule has 0 aliphatic heterocycles. The van der Waals surface area contributed by atoms with Crippen molar-refractivity contribution in [3.05, 3.63) is 51.2 Å². The lowest BCUT2D eigenvalue weighted by Crippen LogP contribution is -2.00. The number of aryl methyl sites for hydroxylation is 1. The molecule has 0 amide bonds. The molecule has 0 aliphatic carbocycles. The number of aromatic hydroxyl groups is 1. The summed E-state index contributed by atoms with van der Waals surface area (Å²) in [6, 6.07) is 6.97. The van der Waals surface area contributed by atoms with Gasteiger partial charge in [0.25, 0.3) is 0 Å². The molecule has 94 valence electrons. The van der Waals surface area contributed by atoms with Gasteiger partial charge in [-0.2, -0.15) is 0 Å². The molecular formula is C13H12BrClN2O. The third kappa shape index (κ3) is 3.15. The minimum atomic E-state index is 0.230. The van der Waals surface area contributed by atoms with E-state index in [2.05, 4.69) is 26.2 Å². The third-order valence-electron chi connectivity index (χ3n) is 2.54. The Morgan fingerprint density at radius 2 is 2.17 bits per heavy atom. The van der Waals surface area contributed by atoms with Crippen LogP contribution in [-0.4, -0.2) is 10.1 Å². The summed E-state index contributed by atoms with van der Waals surface area (Å²) in [5.41, 5.74) is 2.70. The second-order valence-corrected chi connectivity index (χ2v) is 5.15. The summed E-state index contributed by atoms with van der Waals surface area (Å²) in [6.07, 6.45) is 1.73. The van der Waals surface area contributed by atoms with Gasteiger partial charge in [-0.25, -0.2) is 4.98 Å². The maximum absolute atomic E-state index is 9.69. The predicted octanol–water partition coefficient (Wildman–Crippen LogP) is 4.12. The number of nitrogens with one attached hydrogen (secondary N) is 1. The van der Waals surface area contributed by atoms with Gasteiger partial charge in [-0.05, 0) is 52.7 Å². The van der Waals surface area contributed by atoms with Crippen molar-refractivity contribution < 1.29 is 5.11 Å². The molecule has 0 fully saturated rings. The maximum atomic E-state index is 9.69. The fourth-order valence-corrected chi connectivity index (χ4v) is 1.96. The van der Waals surface area contributed by atoms with Crippen LogP contribution in [0.1, 0.15) is 11.1 Å². The zero-order valence-electron chi connectivity index (χ0n) is 9.74. The van der Waals surface area contributed by atoms with E-state index in [0.717, 1.165) is 21.4 Å². The van der Waals surface area contributed by atoms with Gasteiger partial charge in [0, 0.05) is 17.1 Å². The fourth-order valence-electron chi connectivity index (χ4n) is 1.55. The monoisotopic (exact) mass is 326 g/mol. The summed E-state index contributed by atoms with van der Waals surface area (Å²) in [7, 11) is 0. The van der Waals surface area contributed by atoms with Crippen molar-refractivity contribution in [1.82, 2.24) is 4.98 Å². The highest BCUT2D eigenvalue weighted by Crippen LogP contribution is 2.23. The summed E-state index contributed by atoms with van der Waals surface area (Å²) in [4.78, 5) is 4.20. The van der Waals surface area contributed by atoms with E-state index in [1.807, 2.05) is 13.0 Å². The van der Waals surface area contributed by atoms with Crippen LogP contribution < -0.4 is 5.32 Å². The number of hydrogen-bond donors (Lipinski definition) is 2. The van der Waals surface area contributed by atoms with Crippen LogP contribution in [-0.2, 0) is 6.54 Å². The minimum absolute atomic E-state index is 0.230. The number of hydrogen-bond acceptors (Lipinski definition) is 3. The average molecular weight is 328 g/mol. The molecule has 0 saturated heterocycles. The van der Waals surface area contributed by atoms with Crippen molar-refractivity contribution in [3.8, 4) is 5.75 Å². The smallest absolute Gasteiger partial charge is 0.120 e. The zero-order valence-corrected chi connectivity index (χ0v) is 12.1. The summed E-state index contributed by atoms with van der Waals surface area (Å²) in [6.45, 7) is 2.47. The highest BCUT2D eigenvalue weighted by atomic mass is 79.9. The molecule has 2 rings (SSSR count). The molecule has 2 aromatic rings. The number of nitrogens with zero attached hydrogens (tertiary/aromatic N) is 1. The van der Waals surface area contributed by atoms with Crippen LogP contribution in [0, 0.1) is 6.92 Å². The van der Waals surface area contributed by atoms with Gasteiger partial charge in [-0.15, -0.1) is 0 Å². The van der Waals surface area contributed by atoms with Crippen molar-refractivity contribution >= 4 is 33.2 Å². The summed E-state index contributed by atoms with van der Waals surface area (Å²) < 4.78 is 0.832. The molecule has 2 N–H and O–H groups in total. The second kappa shape index (κ2) is 5.59. The predicted molar refractivity (Wildman–Crippen MR) is 77.1 cm³/mol. The van der Waals surface area contributed by atoms with Crippen LogP contribution in [0.2, 0.25) is 5.02 Å². The molecule has 1 aromatic carbocycles. The number of phenols is 1. The summed E-state index contributed by atoms with van der Waals surface area (Å²) >= 11 is 9.24. The zero-order chi connectivity index (χ0) is 13.1. The Morgan fingerprint density at radius 3 is 2.89 bits per heavy atom. The van der Waals surface area contributed by atoms with Crippen molar-refractivity contribution in [2.24, 2.45) is 0 Å². The molecule has 0 atom stereocenters. The van der Waals surface area contributed by atoms with E-state index in [-0.39, 0.29) is 5.75 Å². The molecule has 0 radical (unpaired) electrons. The van der Waals surface area contributed by atoms with E-state index in [1.54, 1.807) is 24.4 Å². The Morgan fingerprint density at radius 1 is 1.39 bits per heavy atom. The van der Waals surface area contributed by atoms with E-state index in [4.69, 9.17) is 11.6 Å². The van der Waals surface area contributed by atoms with Crippen molar-refractivity contribution in [2.45, 2.75) is 13.5 Å². The number of phenolic OH excluding ortho intramolecular Hbond substituents is 1. The van der Waals surface area contributed by atoms with Crippen LogP contribution in [0.25, 0.3) is 0 Å². The van der Waals surface area contributed by atoms with Gasteiger partial charge < -0.3 is 10.4 Å². The molecule has 0 spiro atoms. The number of rotatable bonds is 3. The summed E-state index contributed by atoms with van der Waals surface area (Å²) in [5, 5.41) is 13.5. The van der Waals surface area contributed by atoms with Gasteiger partial charge >= 0.3 is 0 Å². The van der Waals surface area contributed by atoms with Gasteiger partial charge in [-0.3, -0.25) is 0 Å². The normalized spacial score (nSPS) is 10.4. The van der Waals surface area contributed by atoms with Gasteiger partial charge in [0.2, 0.25) is 0 Å². The van der Waals surface area contributed by atoms with Crippen molar-refractivity contribution in [2.75, 3.05) is 5.32 Å². The molecule has 0 saturated carbocycles. The maximum Gasteiger partial charge on any atom is 0.120 e. The first-order chi connectivity index (χ1) is 8.56. The molecule has 0 bridgehead atoms. The lowest BCUT2D eigenvalue weighted by atomic mass is 10.2. The average Bonchev–Trinajstić information content (AvgIpc) is 2.34. The van der Waals surface area contributed by atoms with Crippen molar-refractivity contribution in [3.63, 3.8) is 0 Å². The highest BCUT2D eigenvalue weighted by molar-refractivity contribution is 9.10. The first-order valence-electron chi connectivity index (χ1n) is 5.39. The van der Waals surface area contributed by atoms with E-state index >= 15 is 0 Å². The van der Waals surface area contributed by atoms with E-state index in [0.29, 0.717) is 11.6 Å². The van der Waals surface area contributed by atoms with E-state index in [9.17, 15) is 5.11 Å². The molecule has 0 unspecified atom stereocenters. The van der Waals surface area contributed by atoms with E-state index < -0.39 is 0 Å². The first-order valence-corrected chi connectivity index (χ1v) is 6.57. The fraction of sp³-hybridized carbons (Fsp3) is 0.154. The molecule has 18 heavy (non-hydrogen) atoms. The number of halogens is 2. The summed E-state index contributed by atoms with van der Waals surface area (Å²) in [5.74, 6) is 0.230. The first kappa shape index (κ1) is 13.2. The molecule has 5 heteroatoms. The molecule has 0 aliphatic rings. The van der Waals surface area contributed by atoms with E-state index in [1.165, 1.54) is 0 Å². The second-order valence-electron chi connectivity index (χ2n) is 3.96. The Bertz CT molecular complexity index is 575. The quantitative estimate of drug-likeness (QED) is 0.833. The highest BCUT2D eigenvalue weighted by Gasteiger charge is 2.03. The Hall–Kier alpha value is -1.26. The topological polar surface area (TPSA) is 45.1 Å². The number of anilines is 1. The van der Waals surface area contributed by atoms with Crippen molar-refractivity contribution in [1.29, 1.82) is 0 Å². The van der Waals surface area contributed by atoms with Gasteiger partial charge in [0.05, 0.1) is 11.9 Å². The van der Waals surface area contributed by atoms with Gasteiger partial charge in [0.15, 0.2) is 0 Å². The molecular weight excluding hydrogens is 316 g/mol. The lowest BCUT2D eigenvalue weighted by Gasteiger charge is -2.09. The number of pyridine rings is 1. The largest absolute Gasteiger partial charge is 0.508 e. The van der Waals surface area contributed by atoms with Gasteiger partial charge in [0.1, 0.15) is 10.4 Å². The minimum Gasteiger partial charge on any atom is -0.508 e. The molecule has 1 heterocycles. The Balaban J connectivity index is 2.11. The standard InChI is InChI=1S/C13H12BrClN2O/c1-8-4-11(7-17-13(8)14)16-6-9-5-10(15)2-3-12(9)18/h2-5,7,16,18H,6H2,1H3. The van der Waals surface area contributed by atoms with Gasteiger partial charge in [-0.1, -0.05) is 11.6 Å². The number of aromatic nitrogens is 1. The van der Waals surface area contributed by atoms with Crippen LogP contribution in [0.5, 0.6) is 5.75 Å². The number of benzene rings is 1.